The van der Waals surface area contributed by atoms with Crippen molar-refractivity contribution in [2.45, 2.75) is 31.6 Å². The summed E-state index contributed by atoms with van der Waals surface area (Å²) >= 11 is 0. The molecule has 0 aliphatic carbocycles. The van der Waals surface area contributed by atoms with Crippen LogP contribution in [0.4, 0.5) is 11.4 Å². The zero-order valence-electron chi connectivity index (χ0n) is 18.5. The van der Waals surface area contributed by atoms with E-state index in [1.165, 1.54) is 19.2 Å². The number of benzene rings is 3. The molecule has 0 fully saturated rings. The lowest BCUT2D eigenvalue weighted by Gasteiger charge is -2.25. The van der Waals surface area contributed by atoms with Gasteiger partial charge in [-0.25, -0.2) is 8.42 Å². The van der Waals surface area contributed by atoms with Crippen molar-refractivity contribution in [3.8, 4) is 5.75 Å². The first-order chi connectivity index (χ1) is 15.4. The minimum Gasteiger partial charge on any atom is -0.497 e. The fourth-order valence-electron chi connectivity index (χ4n) is 3.50. The van der Waals surface area contributed by atoms with Gasteiger partial charge in [0.15, 0.2) is 0 Å². The molecule has 0 unspecified atom stereocenters. The van der Waals surface area contributed by atoms with Crippen molar-refractivity contribution in [3.63, 3.8) is 0 Å². The number of amides is 1. The van der Waals surface area contributed by atoms with E-state index < -0.39 is 15.9 Å². The Balaban J connectivity index is 1.95. The number of methoxy groups -OCH3 is 1. The Morgan fingerprint density at radius 2 is 1.47 bits per heavy atom. The average molecular weight is 453 g/mol. The molecular formula is C25H28N2O4S. The van der Waals surface area contributed by atoms with Crippen LogP contribution in [-0.4, -0.2) is 28.0 Å². The number of rotatable bonds is 9. The maximum atomic E-state index is 13.5. The van der Waals surface area contributed by atoms with Crippen LogP contribution in [0.3, 0.4) is 0 Å². The van der Waals surface area contributed by atoms with Gasteiger partial charge in [-0.05, 0) is 60.4 Å². The monoisotopic (exact) mass is 452 g/mol. The maximum absolute atomic E-state index is 13.5. The van der Waals surface area contributed by atoms with Crippen LogP contribution < -0.4 is 14.4 Å². The van der Waals surface area contributed by atoms with Crippen LogP contribution in [0.2, 0.25) is 0 Å². The van der Waals surface area contributed by atoms with Gasteiger partial charge in [0.2, 0.25) is 5.91 Å². The van der Waals surface area contributed by atoms with Gasteiger partial charge in [0, 0.05) is 5.69 Å². The Labute approximate surface area is 189 Å². The first-order valence-electron chi connectivity index (χ1n) is 10.5. The Kier molecular flexibility index (Phi) is 7.53. The molecule has 0 aliphatic heterocycles. The topological polar surface area (TPSA) is 75.7 Å². The Hall–Kier alpha value is -3.32. The zero-order chi connectivity index (χ0) is 23.1. The van der Waals surface area contributed by atoms with Crippen molar-refractivity contribution in [2.24, 2.45) is 0 Å². The first kappa shape index (κ1) is 23.3. The molecule has 0 spiro atoms. The molecule has 3 rings (SSSR count). The van der Waals surface area contributed by atoms with E-state index in [9.17, 15) is 13.2 Å². The molecule has 6 nitrogen and oxygen atoms in total. The van der Waals surface area contributed by atoms with Crippen LogP contribution in [0, 0.1) is 0 Å². The number of aryl methyl sites for hydroxylation is 2. The number of para-hydroxylation sites is 2. The summed E-state index contributed by atoms with van der Waals surface area (Å²) in [5.74, 6) is 0.151. The summed E-state index contributed by atoms with van der Waals surface area (Å²) in [4.78, 5) is 13.2. The molecule has 0 aromatic heterocycles. The second kappa shape index (κ2) is 10.3. The van der Waals surface area contributed by atoms with Crippen LogP contribution >= 0.6 is 0 Å². The van der Waals surface area contributed by atoms with E-state index in [2.05, 4.69) is 5.32 Å². The summed E-state index contributed by atoms with van der Waals surface area (Å²) in [6.45, 7) is 3.70. The van der Waals surface area contributed by atoms with Crippen molar-refractivity contribution in [3.05, 3.63) is 83.9 Å². The number of carbonyl (C=O) groups excluding carboxylic acids is 1. The molecular weight excluding hydrogens is 424 g/mol. The molecule has 168 valence electrons. The molecule has 3 aromatic rings. The average Bonchev–Trinajstić information content (AvgIpc) is 2.83. The Morgan fingerprint density at radius 1 is 0.875 bits per heavy atom. The molecule has 0 radical (unpaired) electrons. The van der Waals surface area contributed by atoms with Gasteiger partial charge in [-0.2, -0.15) is 0 Å². The molecule has 0 saturated carbocycles. The highest BCUT2D eigenvalue weighted by Crippen LogP contribution is 2.26. The fraction of sp³-hybridized carbons (Fsp3) is 0.240. The minimum absolute atomic E-state index is 0.0816. The second-order valence-electron chi connectivity index (χ2n) is 7.23. The number of anilines is 2. The van der Waals surface area contributed by atoms with Gasteiger partial charge < -0.3 is 10.1 Å². The molecule has 0 bridgehead atoms. The van der Waals surface area contributed by atoms with Crippen LogP contribution in [0.5, 0.6) is 5.75 Å². The van der Waals surface area contributed by atoms with E-state index in [1.54, 1.807) is 42.5 Å². The SMILES string of the molecule is CCc1cccc(CC)c1NC(=O)CN(c1ccccc1)S(=O)(=O)c1ccc(OC)cc1. The summed E-state index contributed by atoms with van der Waals surface area (Å²) in [5, 5.41) is 2.96. The van der Waals surface area contributed by atoms with Gasteiger partial charge in [0.25, 0.3) is 10.0 Å². The third-order valence-corrected chi connectivity index (χ3v) is 7.03. The molecule has 0 aliphatic rings. The van der Waals surface area contributed by atoms with Crippen LogP contribution in [0.1, 0.15) is 25.0 Å². The van der Waals surface area contributed by atoms with Gasteiger partial charge in [-0.15, -0.1) is 0 Å². The largest absolute Gasteiger partial charge is 0.497 e. The van der Waals surface area contributed by atoms with Gasteiger partial charge in [-0.1, -0.05) is 50.2 Å². The van der Waals surface area contributed by atoms with Crippen molar-refractivity contribution in [2.75, 3.05) is 23.3 Å². The second-order valence-corrected chi connectivity index (χ2v) is 9.09. The molecule has 32 heavy (non-hydrogen) atoms. The standard InChI is InChI=1S/C25H28N2O4S/c1-4-19-10-9-11-20(5-2)25(19)26-24(28)18-27(21-12-7-6-8-13-21)32(29,30)23-16-14-22(31-3)15-17-23/h6-17H,4-5,18H2,1-3H3,(H,26,28). The predicted octanol–water partition coefficient (Wildman–Crippen LogP) is 4.65. The molecule has 1 amide bonds. The number of ether oxygens (including phenoxy) is 1. The van der Waals surface area contributed by atoms with Crippen LogP contribution in [0.25, 0.3) is 0 Å². The summed E-state index contributed by atoms with van der Waals surface area (Å²) in [6.07, 6.45) is 1.52. The van der Waals surface area contributed by atoms with Gasteiger partial charge in [-0.3, -0.25) is 9.10 Å². The highest BCUT2D eigenvalue weighted by molar-refractivity contribution is 7.92. The molecule has 1 N–H and O–H groups in total. The smallest absolute Gasteiger partial charge is 0.264 e. The number of hydrogen-bond acceptors (Lipinski definition) is 4. The summed E-state index contributed by atoms with van der Waals surface area (Å²) < 4.78 is 33.2. The lowest BCUT2D eigenvalue weighted by molar-refractivity contribution is -0.114. The number of hydrogen-bond donors (Lipinski definition) is 1. The molecule has 3 aromatic carbocycles. The van der Waals surface area contributed by atoms with Crippen molar-refractivity contribution in [1.29, 1.82) is 0 Å². The van der Waals surface area contributed by atoms with Crippen molar-refractivity contribution < 1.29 is 17.9 Å². The van der Waals surface area contributed by atoms with Crippen LogP contribution in [0.15, 0.2) is 77.7 Å². The number of nitrogens with one attached hydrogen (secondary N) is 1. The van der Waals surface area contributed by atoms with E-state index in [0.29, 0.717) is 11.4 Å². The Morgan fingerprint density at radius 3 is 2.00 bits per heavy atom. The van der Waals surface area contributed by atoms with Gasteiger partial charge in [0.05, 0.1) is 17.7 Å². The van der Waals surface area contributed by atoms with E-state index in [4.69, 9.17) is 4.74 Å². The molecule has 0 saturated heterocycles. The van der Waals surface area contributed by atoms with E-state index in [1.807, 2.05) is 32.0 Å². The van der Waals surface area contributed by atoms with Crippen LogP contribution in [-0.2, 0) is 27.7 Å². The highest BCUT2D eigenvalue weighted by Gasteiger charge is 2.27. The number of carbonyl (C=O) groups is 1. The number of nitrogens with zero attached hydrogens (tertiary/aromatic N) is 1. The van der Waals surface area contributed by atoms with Gasteiger partial charge in [0.1, 0.15) is 12.3 Å². The maximum Gasteiger partial charge on any atom is 0.264 e. The predicted molar refractivity (Wildman–Crippen MR) is 128 cm³/mol. The molecule has 7 heteroatoms. The van der Waals surface area contributed by atoms with E-state index in [-0.39, 0.29) is 11.4 Å². The Bertz CT molecular complexity index is 1140. The third-order valence-electron chi connectivity index (χ3n) is 5.24. The zero-order valence-corrected chi connectivity index (χ0v) is 19.4. The summed E-state index contributed by atoms with van der Waals surface area (Å²) in [6, 6.07) is 20.7. The summed E-state index contributed by atoms with van der Waals surface area (Å²) in [5.41, 5.74) is 3.21. The minimum atomic E-state index is -3.98. The normalized spacial score (nSPS) is 11.1. The lowest BCUT2D eigenvalue weighted by Crippen LogP contribution is -2.38. The van der Waals surface area contributed by atoms with Crippen molar-refractivity contribution >= 4 is 27.3 Å². The van der Waals surface area contributed by atoms with E-state index in [0.717, 1.165) is 34.0 Å². The summed E-state index contributed by atoms with van der Waals surface area (Å²) in [7, 11) is -2.46. The number of sulfonamides is 1. The lowest BCUT2D eigenvalue weighted by atomic mass is 10.0. The molecule has 0 heterocycles. The van der Waals surface area contributed by atoms with Gasteiger partial charge >= 0.3 is 0 Å². The van der Waals surface area contributed by atoms with Crippen molar-refractivity contribution in [1.82, 2.24) is 0 Å². The first-order valence-corrected chi connectivity index (χ1v) is 12.0. The third kappa shape index (κ3) is 5.11. The highest BCUT2D eigenvalue weighted by atomic mass is 32.2. The molecule has 0 atom stereocenters. The van der Waals surface area contributed by atoms with E-state index >= 15 is 0 Å². The fourth-order valence-corrected chi connectivity index (χ4v) is 4.92. The quantitative estimate of drug-likeness (QED) is 0.513.